The zero-order valence-corrected chi connectivity index (χ0v) is 16.5. The Balaban J connectivity index is 3.06. The highest BCUT2D eigenvalue weighted by Crippen LogP contribution is 2.60. The minimum absolute atomic E-state index is 0.0226. The Morgan fingerprint density at radius 2 is 1.38 bits per heavy atom. The van der Waals surface area contributed by atoms with E-state index in [1.807, 2.05) is 0 Å². The van der Waals surface area contributed by atoms with E-state index >= 15 is 4.39 Å². The SMILES string of the molecule is CCc1cc(Br)c(-c2ccccc2C)c(C(F)(C(F)(F)F)C(F)(F)C(F)(F)F)c1. The number of aryl methyl sites for hydroxylation is 2. The van der Waals surface area contributed by atoms with Gasteiger partial charge in [-0.1, -0.05) is 53.2 Å². The minimum Gasteiger partial charge on any atom is -0.221 e. The van der Waals surface area contributed by atoms with Gasteiger partial charge >= 0.3 is 23.9 Å². The summed E-state index contributed by atoms with van der Waals surface area (Å²) in [7, 11) is 0. The zero-order chi connectivity index (χ0) is 22.4. The second-order valence-corrected chi connectivity index (χ2v) is 7.25. The molecule has 0 nitrogen and oxygen atoms in total. The van der Waals surface area contributed by atoms with Gasteiger partial charge in [0.25, 0.3) is 0 Å². The first-order chi connectivity index (χ1) is 13.1. The zero-order valence-electron chi connectivity index (χ0n) is 15.0. The molecule has 1 unspecified atom stereocenters. The van der Waals surface area contributed by atoms with Crippen LogP contribution < -0.4 is 0 Å². The fourth-order valence-corrected chi connectivity index (χ4v) is 3.68. The van der Waals surface area contributed by atoms with Crippen molar-refractivity contribution >= 4 is 15.9 Å². The molecule has 0 heterocycles. The number of benzene rings is 2. The monoisotopic (exact) mass is 492 g/mol. The number of halogens is 10. The smallest absolute Gasteiger partial charge is 0.221 e. The van der Waals surface area contributed by atoms with Gasteiger partial charge < -0.3 is 0 Å². The van der Waals surface area contributed by atoms with E-state index < -0.39 is 35.1 Å². The summed E-state index contributed by atoms with van der Waals surface area (Å²) in [6, 6.07) is 7.14. The van der Waals surface area contributed by atoms with Crippen molar-refractivity contribution in [3.8, 4) is 11.1 Å². The molecule has 0 N–H and O–H groups in total. The molecule has 0 fully saturated rings. The molecule has 0 aliphatic rings. The normalized spacial score (nSPS) is 15.3. The summed E-state index contributed by atoms with van der Waals surface area (Å²) in [5, 5.41) is 0. The predicted octanol–water partition coefficient (Wildman–Crippen LogP) is 7.91. The molecular formula is C19H14BrF9. The van der Waals surface area contributed by atoms with Crippen LogP contribution in [0, 0.1) is 6.92 Å². The lowest BCUT2D eigenvalue weighted by molar-refractivity contribution is -0.389. The van der Waals surface area contributed by atoms with Crippen LogP contribution in [0.2, 0.25) is 0 Å². The Kier molecular flexibility index (Phi) is 6.11. The third-order valence-electron chi connectivity index (χ3n) is 4.52. The highest BCUT2D eigenvalue weighted by Gasteiger charge is 2.82. The molecule has 2 rings (SSSR count). The van der Waals surface area contributed by atoms with Crippen molar-refractivity contribution in [2.75, 3.05) is 0 Å². The molecule has 0 saturated carbocycles. The lowest BCUT2D eigenvalue weighted by Gasteiger charge is -2.37. The summed E-state index contributed by atoms with van der Waals surface area (Å²) in [6.45, 7) is 2.85. The Bertz CT molecular complexity index is 900. The van der Waals surface area contributed by atoms with E-state index in [9.17, 15) is 35.1 Å². The largest absolute Gasteiger partial charge is 0.457 e. The fourth-order valence-electron chi connectivity index (χ4n) is 2.96. The Hall–Kier alpha value is -1.71. The molecule has 0 saturated heterocycles. The molecule has 1 atom stereocenters. The summed E-state index contributed by atoms with van der Waals surface area (Å²) in [4.78, 5) is 0. The van der Waals surface area contributed by atoms with E-state index in [0.29, 0.717) is 6.07 Å². The van der Waals surface area contributed by atoms with Gasteiger partial charge in [0.1, 0.15) is 0 Å². The molecule has 2 aromatic carbocycles. The van der Waals surface area contributed by atoms with Crippen LogP contribution >= 0.6 is 15.9 Å². The molecule has 0 aromatic heterocycles. The second-order valence-electron chi connectivity index (χ2n) is 6.40. The van der Waals surface area contributed by atoms with Crippen LogP contribution in [0.15, 0.2) is 40.9 Å². The standard InChI is InChI=1S/C19H14BrF9/c1-3-11-8-13(15(14(20)9-11)12-7-5-4-6-10(12)2)16(21,18(24,25)26)17(22,23)19(27,28)29/h4-9H,3H2,1-2H3. The average Bonchev–Trinajstić information content (AvgIpc) is 2.59. The van der Waals surface area contributed by atoms with Crippen LogP contribution in [0.5, 0.6) is 0 Å². The van der Waals surface area contributed by atoms with E-state index in [1.54, 1.807) is 0 Å². The quantitative estimate of drug-likeness (QED) is 0.380. The van der Waals surface area contributed by atoms with Gasteiger partial charge in [-0.05, 0) is 36.1 Å². The maximum absolute atomic E-state index is 15.3. The lowest BCUT2D eigenvalue weighted by Crippen LogP contribution is -2.60. The maximum atomic E-state index is 15.3. The predicted molar refractivity (Wildman–Crippen MR) is 93.5 cm³/mol. The highest BCUT2D eigenvalue weighted by molar-refractivity contribution is 9.10. The third-order valence-corrected chi connectivity index (χ3v) is 5.15. The molecule has 160 valence electrons. The lowest BCUT2D eigenvalue weighted by atomic mass is 9.81. The van der Waals surface area contributed by atoms with E-state index in [0.717, 1.165) is 0 Å². The molecule has 0 aliphatic heterocycles. The van der Waals surface area contributed by atoms with Gasteiger partial charge in [0.05, 0.1) is 0 Å². The first-order valence-electron chi connectivity index (χ1n) is 8.18. The molecule has 0 spiro atoms. The number of alkyl halides is 9. The Morgan fingerprint density at radius 1 is 0.828 bits per heavy atom. The third kappa shape index (κ3) is 3.75. The van der Waals surface area contributed by atoms with E-state index in [1.165, 1.54) is 44.2 Å². The molecule has 29 heavy (non-hydrogen) atoms. The van der Waals surface area contributed by atoms with Crippen LogP contribution in [0.1, 0.15) is 23.6 Å². The van der Waals surface area contributed by atoms with Crippen molar-refractivity contribution in [1.82, 2.24) is 0 Å². The van der Waals surface area contributed by atoms with Crippen LogP contribution in [0.4, 0.5) is 39.5 Å². The van der Waals surface area contributed by atoms with Crippen molar-refractivity contribution in [1.29, 1.82) is 0 Å². The van der Waals surface area contributed by atoms with Crippen molar-refractivity contribution in [2.45, 2.75) is 44.2 Å². The van der Waals surface area contributed by atoms with Crippen molar-refractivity contribution in [2.24, 2.45) is 0 Å². The molecule has 0 radical (unpaired) electrons. The van der Waals surface area contributed by atoms with E-state index in [-0.39, 0.29) is 27.6 Å². The fraction of sp³-hybridized carbons (Fsp3) is 0.368. The van der Waals surface area contributed by atoms with Crippen molar-refractivity contribution in [3.63, 3.8) is 0 Å². The molecule has 0 aliphatic carbocycles. The van der Waals surface area contributed by atoms with Gasteiger partial charge in [-0.25, -0.2) is 4.39 Å². The topological polar surface area (TPSA) is 0 Å². The van der Waals surface area contributed by atoms with Gasteiger partial charge in [0, 0.05) is 15.6 Å². The molecule has 0 bridgehead atoms. The van der Waals surface area contributed by atoms with E-state index in [4.69, 9.17) is 0 Å². The van der Waals surface area contributed by atoms with Crippen LogP contribution in [-0.2, 0) is 12.1 Å². The molecule has 0 amide bonds. The summed E-state index contributed by atoms with van der Waals surface area (Å²) < 4.78 is 123. The van der Waals surface area contributed by atoms with E-state index in [2.05, 4.69) is 15.9 Å². The second kappa shape index (κ2) is 7.52. The first kappa shape index (κ1) is 23.6. The maximum Gasteiger partial charge on any atom is 0.457 e. The van der Waals surface area contributed by atoms with Gasteiger partial charge in [-0.15, -0.1) is 0 Å². The van der Waals surface area contributed by atoms with Gasteiger partial charge in [0.2, 0.25) is 0 Å². The van der Waals surface area contributed by atoms with Crippen LogP contribution in [-0.4, -0.2) is 18.3 Å². The molecular weight excluding hydrogens is 479 g/mol. The van der Waals surface area contributed by atoms with Crippen LogP contribution in [0.25, 0.3) is 11.1 Å². The summed E-state index contributed by atoms with van der Waals surface area (Å²) in [5.74, 6) is -6.73. The van der Waals surface area contributed by atoms with Gasteiger partial charge in [-0.2, -0.15) is 35.1 Å². The summed E-state index contributed by atoms with van der Waals surface area (Å²) >= 11 is 2.93. The number of hydrogen-bond donors (Lipinski definition) is 0. The minimum atomic E-state index is -6.78. The van der Waals surface area contributed by atoms with Crippen LogP contribution in [0.3, 0.4) is 0 Å². The van der Waals surface area contributed by atoms with Gasteiger partial charge in [0.15, 0.2) is 0 Å². The Labute approximate surface area is 168 Å². The Morgan fingerprint density at radius 3 is 1.83 bits per heavy atom. The molecule has 10 heteroatoms. The first-order valence-corrected chi connectivity index (χ1v) is 8.98. The molecule has 2 aromatic rings. The van der Waals surface area contributed by atoms with Crippen molar-refractivity contribution < 1.29 is 39.5 Å². The summed E-state index contributed by atoms with van der Waals surface area (Å²) in [6.07, 6.45) is -13.4. The average molecular weight is 493 g/mol. The number of rotatable bonds is 4. The number of hydrogen-bond acceptors (Lipinski definition) is 0. The summed E-state index contributed by atoms with van der Waals surface area (Å²) in [5.41, 5.74) is -8.42. The van der Waals surface area contributed by atoms with Gasteiger partial charge in [-0.3, -0.25) is 0 Å². The highest BCUT2D eigenvalue weighted by atomic mass is 79.9. The van der Waals surface area contributed by atoms with Crippen molar-refractivity contribution in [3.05, 3.63) is 57.6 Å².